The fourth-order valence-electron chi connectivity index (χ4n) is 4.44. The van der Waals surface area contributed by atoms with Gasteiger partial charge in [0.15, 0.2) is 0 Å². The summed E-state index contributed by atoms with van der Waals surface area (Å²) in [6, 6.07) is 1.34. The van der Waals surface area contributed by atoms with Crippen LogP contribution in [0.25, 0.3) is 21.3 Å². The fraction of sp³-hybridized carbons (Fsp3) is 0.600. The van der Waals surface area contributed by atoms with E-state index in [2.05, 4.69) is 24.3 Å². The molecule has 0 aromatic rings. The van der Waals surface area contributed by atoms with Crippen molar-refractivity contribution < 1.29 is 0 Å². The van der Waals surface area contributed by atoms with Crippen molar-refractivity contribution in [1.82, 2.24) is 0 Å². The van der Waals surface area contributed by atoms with Crippen LogP contribution >= 0.6 is 0 Å². The molecule has 25 heavy (non-hydrogen) atoms. The maximum Gasteiger partial charge on any atom is 2.00 e. The third-order valence-corrected chi connectivity index (χ3v) is 5.66. The molecule has 0 spiro atoms. The van der Waals surface area contributed by atoms with Crippen LogP contribution in [0.5, 0.6) is 0 Å². The van der Waals surface area contributed by atoms with Gasteiger partial charge in [-0.3, -0.25) is 0 Å². The molecule has 0 radical (unpaired) electrons. The zero-order chi connectivity index (χ0) is 15.9. The van der Waals surface area contributed by atoms with Crippen molar-refractivity contribution in [3.63, 3.8) is 0 Å². The molecule has 0 saturated carbocycles. The number of rotatable bonds is 0. The van der Waals surface area contributed by atoms with Gasteiger partial charge < -0.3 is 21.3 Å². The average molecular weight is 345 g/mol. The van der Waals surface area contributed by atoms with Crippen molar-refractivity contribution in [3.8, 4) is 0 Å². The van der Waals surface area contributed by atoms with Crippen LogP contribution < -0.4 is 0 Å². The van der Waals surface area contributed by atoms with Gasteiger partial charge in [0.25, 0.3) is 0 Å². The van der Waals surface area contributed by atoms with Crippen LogP contribution in [0.15, 0.2) is 47.1 Å². The molecule has 4 unspecified atom stereocenters. The molecule has 4 saturated heterocycles. The van der Waals surface area contributed by atoms with Gasteiger partial charge in [-0.15, -0.1) is 48.5 Å². The first kappa shape index (κ1) is 17.5. The second kappa shape index (κ2) is 7.37. The molecule has 0 aromatic heterocycles. The average Bonchev–Trinajstić information content (AvgIpc) is 3.32. The molecule has 8 bridgehead atoms. The van der Waals surface area contributed by atoms with Gasteiger partial charge in [0.1, 0.15) is 0 Å². The van der Waals surface area contributed by atoms with Crippen molar-refractivity contribution >= 4 is 23.1 Å². The minimum Gasteiger partial charge on any atom is -0.682 e. The van der Waals surface area contributed by atoms with Gasteiger partial charge in [0, 0.05) is 0 Å². The summed E-state index contributed by atoms with van der Waals surface area (Å²) in [7, 11) is 0. The molecule has 4 fully saturated rings. The number of hydrogen-bond donors (Lipinski definition) is 0. The van der Waals surface area contributed by atoms with Crippen LogP contribution in [0.4, 0.5) is 0 Å². The van der Waals surface area contributed by atoms with Crippen LogP contribution in [-0.4, -0.2) is 47.2 Å². The Bertz CT molecular complexity index is 648. The molecule has 5 rings (SSSR count). The van der Waals surface area contributed by atoms with Crippen molar-refractivity contribution in [1.29, 1.82) is 0 Å². The summed E-state index contributed by atoms with van der Waals surface area (Å²) in [6.45, 7) is 0. The molecular formula is C20H24MgN4-2. The first-order valence-electron chi connectivity index (χ1n) is 9.46. The Kier molecular flexibility index (Phi) is 5.16. The predicted octanol–water partition coefficient (Wildman–Crippen LogP) is 5.30. The second-order valence-electron chi connectivity index (χ2n) is 7.58. The van der Waals surface area contributed by atoms with E-state index in [1.165, 1.54) is 22.8 Å². The maximum atomic E-state index is 4.97. The van der Waals surface area contributed by atoms with Gasteiger partial charge >= 0.3 is 23.1 Å². The third-order valence-electron chi connectivity index (χ3n) is 5.66. The van der Waals surface area contributed by atoms with Crippen molar-refractivity contribution in [2.75, 3.05) is 0 Å². The summed E-state index contributed by atoms with van der Waals surface area (Å²) in [5, 5.41) is 19.6. The molecule has 4 atom stereocenters. The number of allylic oxidation sites excluding steroid dienone is 4. The molecular weight excluding hydrogens is 321 g/mol. The number of hydrogen-bond acceptors (Lipinski definition) is 0. The Morgan fingerprint density at radius 3 is 1.64 bits per heavy atom. The van der Waals surface area contributed by atoms with E-state index in [9.17, 15) is 0 Å². The van der Waals surface area contributed by atoms with E-state index in [1.54, 1.807) is 0 Å². The summed E-state index contributed by atoms with van der Waals surface area (Å²) in [5.41, 5.74) is 4.96. The molecule has 0 aliphatic carbocycles. The monoisotopic (exact) mass is 344 g/mol. The van der Waals surface area contributed by atoms with E-state index in [0.717, 1.165) is 51.4 Å². The molecule has 0 aromatic carbocycles. The van der Waals surface area contributed by atoms with E-state index < -0.39 is 0 Å². The van der Waals surface area contributed by atoms with E-state index in [1.807, 2.05) is 0 Å². The van der Waals surface area contributed by atoms with Gasteiger partial charge in [-0.2, -0.15) is 22.8 Å². The normalized spacial score (nSPS) is 44.5. The van der Waals surface area contributed by atoms with Crippen molar-refractivity contribution in [2.45, 2.75) is 75.5 Å². The van der Waals surface area contributed by atoms with Crippen LogP contribution in [0, 0.1) is 0 Å². The van der Waals surface area contributed by atoms with E-state index >= 15 is 0 Å². The molecule has 5 aliphatic rings. The Morgan fingerprint density at radius 1 is 0.560 bits per heavy atom. The van der Waals surface area contributed by atoms with Crippen LogP contribution in [0.2, 0.25) is 0 Å². The maximum absolute atomic E-state index is 4.97. The van der Waals surface area contributed by atoms with Crippen LogP contribution in [-0.2, 0) is 0 Å². The molecule has 5 aliphatic heterocycles. The smallest absolute Gasteiger partial charge is 0.682 e. The Hall–Kier alpha value is -0.914. The zero-order valence-corrected chi connectivity index (χ0v) is 16.2. The first-order chi connectivity index (χ1) is 11.8. The summed E-state index contributed by atoms with van der Waals surface area (Å²) in [4.78, 5) is 0. The topological polar surface area (TPSA) is 56.4 Å². The van der Waals surface area contributed by atoms with Gasteiger partial charge in [0.2, 0.25) is 0 Å². The SMILES string of the molecule is C1=C2/CC/C(=C/C3CCC(/C=C4/CCC(/C=C5/CCC/1[N-]5)[N-]4)[N-]3)[N-]2.[Mg+2]. The van der Waals surface area contributed by atoms with Gasteiger partial charge in [-0.05, 0) is 12.8 Å². The third kappa shape index (κ3) is 3.93. The largest absolute Gasteiger partial charge is 2.00 e. The summed E-state index contributed by atoms with van der Waals surface area (Å²) < 4.78 is 0. The standard InChI is InChI=1S/C20H24N4.Mg/c1-2-14-10-16-5-6-18(23-16)12-20-8-7-19(24-20)11-17-4-3-15(22-17)9-13(1)21-14;/h9-14,17,20H,1-8H2;/q-4;+2/b15-9-,16-10-,18-12-,19-11-;. The second-order valence-corrected chi connectivity index (χ2v) is 7.58. The fourth-order valence-corrected chi connectivity index (χ4v) is 4.44. The molecule has 128 valence electrons. The predicted molar refractivity (Wildman–Crippen MR) is 104 cm³/mol. The Labute approximate surface area is 166 Å². The molecule has 0 amide bonds. The molecule has 0 N–H and O–H groups in total. The van der Waals surface area contributed by atoms with Gasteiger partial charge in [-0.25, -0.2) is 0 Å². The Balaban J connectivity index is 0.00000157. The number of nitrogens with zero attached hydrogens (tertiary/aromatic N) is 4. The summed E-state index contributed by atoms with van der Waals surface area (Å²) in [6.07, 6.45) is 18.1. The van der Waals surface area contributed by atoms with Crippen molar-refractivity contribution in [2.24, 2.45) is 0 Å². The first-order valence-corrected chi connectivity index (χ1v) is 9.46. The van der Waals surface area contributed by atoms with Crippen LogP contribution in [0.1, 0.15) is 51.4 Å². The van der Waals surface area contributed by atoms with E-state index in [-0.39, 0.29) is 23.1 Å². The van der Waals surface area contributed by atoms with Crippen molar-refractivity contribution in [3.05, 3.63) is 68.4 Å². The molecule has 5 heterocycles. The summed E-state index contributed by atoms with van der Waals surface area (Å²) >= 11 is 0. The van der Waals surface area contributed by atoms with Gasteiger partial charge in [-0.1, -0.05) is 38.5 Å². The number of fused-ring (bicyclic) bond motifs is 8. The minimum atomic E-state index is 0. The molecule has 5 heteroatoms. The van der Waals surface area contributed by atoms with E-state index in [0.29, 0.717) is 24.2 Å². The summed E-state index contributed by atoms with van der Waals surface area (Å²) in [5.74, 6) is 0. The van der Waals surface area contributed by atoms with E-state index in [4.69, 9.17) is 21.3 Å². The van der Waals surface area contributed by atoms with Gasteiger partial charge in [0.05, 0.1) is 0 Å². The zero-order valence-electron chi connectivity index (χ0n) is 14.8. The quantitative estimate of drug-likeness (QED) is 0.535. The Morgan fingerprint density at radius 2 is 1.04 bits per heavy atom. The minimum absolute atomic E-state index is 0. The van der Waals surface area contributed by atoms with Crippen LogP contribution in [0.3, 0.4) is 0 Å². The molecule has 4 nitrogen and oxygen atoms in total.